The van der Waals surface area contributed by atoms with Gasteiger partial charge in [0.2, 0.25) is 11.9 Å². The fourth-order valence-corrected chi connectivity index (χ4v) is 0.339. The van der Waals surface area contributed by atoms with Gasteiger partial charge in [0.05, 0.1) is 0 Å². The van der Waals surface area contributed by atoms with E-state index in [0.29, 0.717) is 5.95 Å². The molecule has 1 heterocycles. The van der Waals surface area contributed by atoms with Crippen molar-refractivity contribution in [2.24, 2.45) is 5.84 Å². The van der Waals surface area contributed by atoms with Gasteiger partial charge in [0.25, 0.3) is 0 Å². The molecule has 0 amide bonds. The summed E-state index contributed by atoms with van der Waals surface area (Å²) in [4.78, 5) is 3.60. The third-order valence-electron chi connectivity index (χ3n) is 0.639. The summed E-state index contributed by atoms with van der Waals surface area (Å²) in [6, 6.07) is 0. The monoisotopic (exact) mass is 114 g/mol. The van der Waals surface area contributed by atoms with Crippen molar-refractivity contribution in [3.63, 3.8) is 0 Å². The van der Waals surface area contributed by atoms with Crippen molar-refractivity contribution in [3.05, 3.63) is 0 Å². The van der Waals surface area contributed by atoms with Crippen LogP contribution in [0, 0.1) is 0 Å². The fourth-order valence-electron chi connectivity index (χ4n) is 0.339. The van der Waals surface area contributed by atoms with Gasteiger partial charge in [0.1, 0.15) is 0 Å². The van der Waals surface area contributed by atoms with Gasteiger partial charge in [-0.25, -0.2) is 10.9 Å². The van der Waals surface area contributed by atoms with Gasteiger partial charge >= 0.3 is 0 Å². The standard InChI is InChI=1S/C2H6N6/c3-1-5-2(6-4)8-7-1/h4H2,(H4,3,5,6,7,8). The predicted octanol–water partition coefficient (Wildman–Crippen LogP) is -1.33. The van der Waals surface area contributed by atoms with E-state index in [4.69, 9.17) is 11.6 Å². The number of hydrazine groups is 1. The second-order valence-electron chi connectivity index (χ2n) is 1.19. The number of nitrogens with one attached hydrogen (secondary N) is 2. The molecule has 0 spiro atoms. The first-order chi connectivity index (χ1) is 3.83. The Hall–Kier alpha value is -1.30. The number of hydrogen-bond donors (Lipinski definition) is 4. The van der Waals surface area contributed by atoms with E-state index in [2.05, 4.69) is 20.6 Å². The van der Waals surface area contributed by atoms with Gasteiger partial charge in [-0.15, -0.1) is 5.10 Å². The lowest BCUT2D eigenvalue weighted by atomic mass is 11.0. The van der Waals surface area contributed by atoms with E-state index >= 15 is 0 Å². The van der Waals surface area contributed by atoms with E-state index in [0.717, 1.165) is 0 Å². The minimum atomic E-state index is 0.179. The minimum absolute atomic E-state index is 0.179. The van der Waals surface area contributed by atoms with Crippen LogP contribution in [0.5, 0.6) is 0 Å². The van der Waals surface area contributed by atoms with Crippen molar-refractivity contribution < 1.29 is 0 Å². The van der Waals surface area contributed by atoms with Crippen LogP contribution in [0.25, 0.3) is 0 Å². The van der Waals surface area contributed by atoms with Crippen LogP contribution in [0.2, 0.25) is 0 Å². The highest BCUT2D eigenvalue weighted by Gasteiger charge is 1.91. The molecule has 0 unspecified atom stereocenters. The third-order valence-corrected chi connectivity index (χ3v) is 0.639. The van der Waals surface area contributed by atoms with Crippen LogP contribution in [0.3, 0.4) is 0 Å². The smallest absolute Gasteiger partial charge is 0.241 e. The number of nitrogen functional groups attached to an aromatic ring is 2. The number of aromatic nitrogens is 3. The van der Waals surface area contributed by atoms with Crippen LogP contribution in [0.1, 0.15) is 0 Å². The summed E-state index contributed by atoms with van der Waals surface area (Å²) in [6.45, 7) is 0. The van der Waals surface area contributed by atoms with Crippen molar-refractivity contribution in [2.45, 2.75) is 0 Å². The van der Waals surface area contributed by atoms with E-state index < -0.39 is 0 Å². The van der Waals surface area contributed by atoms with Crippen LogP contribution >= 0.6 is 0 Å². The number of rotatable bonds is 1. The van der Waals surface area contributed by atoms with Crippen molar-refractivity contribution in [1.29, 1.82) is 0 Å². The average molecular weight is 114 g/mol. The maximum Gasteiger partial charge on any atom is 0.241 e. The number of aromatic amines is 1. The number of nitrogens with zero attached hydrogens (tertiary/aromatic N) is 2. The van der Waals surface area contributed by atoms with Crippen molar-refractivity contribution in [2.75, 3.05) is 11.2 Å². The van der Waals surface area contributed by atoms with E-state index in [-0.39, 0.29) is 5.95 Å². The number of nitrogens with two attached hydrogens (primary N) is 2. The molecule has 44 valence electrons. The molecule has 0 aromatic carbocycles. The van der Waals surface area contributed by atoms with Gasteiger partial charge in [-0.05, 0) is 0 Å². The van der Waals surface area contributed by atoms with Crippen LogP contribution in [0.15, 0.2) is 0 Å². The maximum atomic E-state index is 5.11. The molecule has 0 bridgehead atoms. The number of H-pyrrole nitrogens is 1. The molecule has 1 rings (SSSR count). The molecule has 1 aromatic rings. The Kier molecular flexibility index (Phi) is 1.01. The highest BCUT2D eigenvalue weighted by molar-refractivity contribution is 5.27. The van der Waals surface area contributed by atoms with Crippen molar-refractivity contribution in [1.82, 2.24) is 15.2 Å². The lowest BCUT2D eigenvalue weighted by Gasteiger charge is -1.84. The highest BCUT2D eigenvalue weighted by atomic mass is 15.4. The molecule has 0 saturated carbocycles. The number of hydrogen-bond acceptors (Lipinski definition) is 5. The lowest BCUT2D eigenvalue weighted by Crippen LogP contribution is -2.08. The van der Waals surface area contributed by atoms with Gasteiger partial charge in [0.15, 0.2) is 0 Å². The van der Waals surface area contributed by atoms with Crippen LogP contribution < -0.4 is 17.0 Å². The molecule has 0 aliphatic carbocycles. The van der Waals surface area contributed by atoms with Crippen molar-refractivity contribution in [3.8, 4) is 0 Å². The summed E-state index contributed by atoms with van der Waals surface area (Å²) < 4.78 is 0. The Bertz CT molecular complexity index is 167. The molecule has 0 radical (unpaired) electrons. The Labute approximate surface area is 45.2 Å². The first kappa shape index (κ1) is 4.85. The highest BCUT2D eigenvalue weighted by Crippen LogP contribution is 1.93. The Morgan fingerprint density at radius 2 is 2.38 bits per heavy atom. The van der Waals surface area contributed by atoms with E-state index in [1.807, 2.05) is 0 Å². The molecule has 1 aromatic heterocycles. The molecule has 0 aliphatic rings. The van der Waals surface area contributed by atoms with Gasteiger partial charge in [-0.3, -0.25) is 5.43 Å². The Balaban J connectivity index is 2.84. The SMILES string of the molecule is NNc1nc(N)n[nH]1. The van der Waals surface area contributed by atoms with E-state index in [9.17, 15) is 0 Å². The van der Waals surface area contributed by atoms with Crippen LogP contribution in [-0.4, -0.2) is 15.2 Å². The molecule has 6 nitrogen and oxygen atoms in total. The third kappa shape index (κ3) is 0.684. The topological polar surface area (TPSA) is 106 Å². The Morgan fingerprint density at radius 3 is 2.62 bits per heavy atom. The van der Waals surface area contributed by atoms with Crippen LogP contribution in [0.4, 0.5) is 11.9 Å². The average Bonchev–Trinajstić information content (AvgIpc) is 2.14. The van der Waals surface area contributed by atoms with Gasteiger partial charge in [0, 0.05) is 0 Å². The molecule has 0 saturated heterocycles. The molecule has 8 heavy (non-hydrogen) atoms. The van der Waals surface area contributed by atoms with Gasteiger partial charge in [-0.1, -0.05) is 0 Å². The second kappa shape index (κ2) is 1.66. The zero-order valence-electron chi connectivity index (χ0n) is 4.05. The Morgan fingerprint density at radius 1 is 1.62 bits per heavy atom. The van der Waals surface area contributed by atoms with Crippen LogP contribution in [-0.2, 0) is 0 Å². The normalized spacial score (nSPS) is 9.12. The first-order valence-corrected chi connectivity index (χ1v) is 1.97. The summed E-state index contributed by atoms with van der Waals surface area (Å²) in [5.41, 5.74) is 7.34. The molecule has 0 atom stereocenters. The molecule has 0 fully saturated rings. The molecule has 0 aliphatic heterocycles. The second-order valence-corrected chi connectivity index (χ2v) is 1.19. The zero-order chi connectivity index (χ0) is 5.98. The summed E-state index contributed by atoms with van der Waals surface area (Å²) in [7, 11) is 0. The maximum absolute atomic E-state index is 5.11. The fraction of sp³-hybridized carbons (Fsp3) is 0. The molecule has 6 heteroatoms. The first-order valence-electron chi connectivity index (χ1n) is 1.97. The largest absolute Gasteiger partial charge is 0.366 e. The summed E-state index contributed by atoms with van der Waals surface area (Å²) in [5, 5.41) is 5.92. The van der Waals surface area contributed by atoms with Gasteiger partial charge < -0.3 is 5.73 Å². The molecule has 6 N–H and O–H groups in total. The lowest BCUT2D eigenvalue weighted by molar-refractivity contribution is 1.08. The summed E-state index contributed by atoms with van der Waals surface area (Å²) in [6.07, 6.45) is 0. The number of anilines is 2. The van der Waals surface area contributed by atoms with E-state index in [1.165, 1.54) is 0 Å². The summed E-state index contributed by atoms with van der Waals surface area (Å²) >= 11 is 0. The molecular weight excluding hydrogens is 108 g/mol. The minimum Gasteiger partial charge on any atom is -0.366 e. The van der Waals surface area contributed by atoms with E-state index in [1.54, 1.807) is 0 Å². The predicted molar refractivity (Wildman–Crippen MR) is 28.6 cm³/mol. The molecular formula is C2H6N6. The van der Waals surface area contributed by atoms with Gasteiger partial charge in [-0.2, -0.15) is 4.98 Å². The quantitative estimate of drug-likeness (QED) is 0.267. The zero-order valence-corrected chi connectivity index (χ0v) is 4.05. The van der Waals surface area contributed by atoms with Crippen molar-refractivity contribution >= 4 is 11.9 Å². The summed E-state index contributed by atoms with van der Waals surface area (Å²) in [5.74, 6) is 5.47.